The SMILES string of the molecule is CCCCN1C(=O)C(NC(C)=O)(C(F)(F)F)C2=C1CC(C)(C)CC2=O. The lowest BCUT2D eigenvalue weighted by Crippen LogP contribution is -2.66. The summed E-state index contributed by atoms with van der Waals surface area (Å²) in [5.74, 6) is -3.02. The number of carbonyl (C=O) groups excluding carboxylic acids is 3. The van der Waals surface area contributed by atoms with Gasteiger partial charge in [-0.3, -0.25) is 14.4 Å². The molecule has 0 aromatic rings. The minimum atomic E-state index is -5.10. The topological polar surface area (TPSA) is 66.5 Å². The third-order valence-corrected chi connectivity index (χ3v) is 4.64. The molecule has 1 heterocycles. The molecule has 5 nitrogen and oxygen atoms in total. The van der Waals surface area contributed by atoms with Crippen LogP contribution in [-0.4, -0.2) is 40.8 Å². The molecule has 1 atom stereocenters. The van der Waals surface area contributed by atoms with E-state index in [0.717, 1.165) is 11.8 Å². The zero-order valence-corrected chi connectivity index (χ0v) is 14.8. The van der Waals surface area contributed by atoms with Gasteiger partial charge in [0.1, 0.15) is 0 Å². The molecule has 2 aliphatic rings. The molecule has 2 amide bonds. The maximum atomic E-state index is 14.0. The average Bonchev–Trinajstić information content (AvgIpc) is 2.64. The van der Waals surface area contributed by atoms with Gasteiger partial charge in [0.05, 0.1) is 5.57 Å². The molecule has 0 saturated carbocycles. The Morgan fingerprint density at radius 1 is 1.24 bits per heavy atom. The number of unbranched alkanes of at least 4 members (excludes halogenated alkanes) is 1. The number of halogens is 3. The van der Waals surface area contributed by atoms with Crippen molar-refractivity contribution in [2.24, 2.45) is 5.41 Å². The third kappa shape index (κ3) is 3.06. The van der Waals surface area contributed by atoms with Gasteiger partial charge in [-0.1, -0.05) is 27.2 Å². The number of rotatable bonds is 4. The summed E-state index contributed by atoms with van der Waals surface area (Å²) in [6, 6.07) is 0. The molecule has 0 spiro atoms. The van der Waals surface area contributed by atoms with Crippen molar-refractivity contribution >= 4 is 17.6 Å². The van der Waals surface area contributed by atoms with Crippen LogP contribution in [0.5, 0.6) is 0 Å². The Kier molecular flexibility index (Phi) is 4.78. The Hall–Kier alpha value is -1.86. The van der Waals surface area contributed by atoms with E-state index in [1.165, 1.54) is 0 Å². The monoisotopic (exact) mass is 360 g/mol. The second kappa shape index (κ2) is 6.14. The zero-order chi connectivity index (χ0) is 19.2. The van der Waals surface area contributed by atoms with Crippen molar-refractivity contribution in [3.05, 3.63) is 11.3 Å². The van der Waals surface area contributed by atoms with Crippen LogP contribution in [-0.2, 0) is 14.4 Å². The van der Waals surface area contributed by atoms with Gasteiger partial charge in [0.25, 0.3) is 5.91 Å². The standard InChI is InChI=1S/C17H23F3N2O3/c1-5-6-7-22-11-8-15(3,4)9-12(24)13(11)16(14(22)25,17(18,19)20)21-10(2)23/h5-9H2,1-4H3,(H,21,23). The van der Waals surface area contributed by atoms with Crippen LogP contribution in [0.3, 0.4) is 0 Å². The van der Waals surface area contributed by atoms with E-state index in [2.05, 4.69) is 0 Å². The zero-order valence-electron chi connectivity index (χ0n) is 14.8. The van der Waals surface area contributed by atoms with Gasteiger partial charge in [-0.2, -0.15) is 13.2 Å². The number of hydrogen-bond donors (Lipinski definition) is 1. The molecule has 0 radical (unpaired) electrons. The fourth-order valence-corrected chi connectivity index (χ4v) is 3.64. The molecule has 0 aromatic heterocycles. The highest BCUT2D eigenvalue weighted by atomic mass is 19.4. The summed E-state index contributed by atoms with van der Waals surface area (Å²) in [7, 11) is 0. The lowest BCUT2D eigenvalue weighted by atomic mass is 9.72. The normalized spacial score (nSPS) is 26.1. The minimum Gasteiger partial charge on any atom is -0.331 e. The number of allylic oxidation sites excluding steroid dienone is 1. The maximum Gasteiger partial charge on any atom is 0.425 e. The van der Waals surface area contributed by atoms with E-state index in [1.54, 1.807) is 19.2 Å². The summed E-state index contributed by atoms with van der Waals surface area (Å²) >= 11 is 0. The van der Waals surface area contributed by atoms with E-state index in [9.17, 15) is 27.6 Å². The number of nitrogens with zero attached hydrogens (tertiary/aromatic N) is 1. The highest BCUT2D eigenvalue weighted by Crippen LogP contribution is 2.51. The van der Waals surface area contributed by atoms with E-state index in [4.69, 9.17) is 0 Å². The Labute approximate surface area is 144 Å². The van der Waals surface area contributed by atoms with Gasteiger partial charge >= 0.3 is 6.18 Å². The lowest BCUT2D eigenvalue weighted by Gasteiger charge is -2.35. The molecule has 1 unspecified atom stereocenters. The maximum absolute atomic E-state index is 14.0. The Balaban J connectivity index is 2.71. The molecular formula is C17H23F3N2O3. The number of Topliss-reactive ketones (excluding diaryl/α,β-unsaturated/α-hetero) is 1. The van der Waals surface area contributed by atoms with Crippen molar-refractivity contribution in [3.8, 4) is 0 Å². The molecule has 2 rings (SSSR count). The number of ketones is 1. The van der Waals surface area contributed by atoms with Gasteiger partial charge in [0.2, 0.25) is 11.4 Å². The van der Waals surface area contributed by atoms with Gasteiger partial charge in [0.15, 0.2) is 5.78 Å². The van der Waals surface area contributed by atoms with Crippen LogP contribution >= 0.6 is 0 Å². The van der Waals surface area contributed by atoms with Crippen LogP contribution < -0.4 is 5.32 Å². The molecule has 1 aliphatic carbocycles. The molecule has 8 heteroatoms. The summed E-state index contributed by atoms with van der Waals surface area (Å²) in [5, 5.41) is 1.77. The molecular weight excluding hydrogens is 337 g/mol. The van der Waals surface area contributed by atoms with E-state index < -0.39 is 40.3 Å². The Morgan fingerprint density at radius 2 is 1.84 bits per heavy atom. The van der Waals surface area contributed by atoms with Crippen LogP contribution in [0.2, 0.25) is 0 Å². The first-order chi connectivity index (χ1) is 11.4. The first-order valence-corrected chi connectivity index (χ1v) is 8.31. The van der Waals surface area contributed by atoms with Crippen LogP contribution in [0.4, 0.5) is 13.2 Å². The predicted molar refractivity (Wildman–Crippen MR) is 84.3 cm³/mol. The first kappa shape index (κ1) is 19.5. The average molecular weight is 360 g/mol. The van der Waals surface area contributed by atoms with Crippen LogP contribution in [0, 0.1) is 5.41 Å². The van der Waals surface area contributed by atoms with Crippen LogP contribution in [0.1, 0.15) is 53.4 Å². The smallest absolute Gasteiger partial charge is 0.331 e. The predicted octanol–water partition coefficient (Wildman–Crippen LogP) is 2.71. The van der Waals surface area contributed by atoms with E-state index in [1.807, 2.05) is 6.92 Å². The number of alkyl halides is 3. The summed E-state index contributed by atoms with van der Waals surface area (Å²) < 4.78 is 42.0. The number of carbonyl (C=O) groups is 3. The highest BCUT2D eigenvalue weighted by molar-refractivity contribution is 6.13. The summed E-state index contributed by atoms with van der Waals surface area (Å²) in [6.07, 6.45) is -3.83. The molecule has 0 saturated heterocycles. The van der Waals surface area contributed by atoms with Gasteiger partial charge < -0.3 is 10.2 Å². The summed E-state index contributed by atoms with van der Waals surface area (Å²) in [6.45, 7) is 6.42. The van der Waals surface area contributed by atoms with E-state index >= 15 is 0 Å². The van der Waals surface area contributed by atoms with Crippen molar-refractivity contribution in [1.82, 2.24) is 10.2 Å². The third-order valence-electron chi connectivity index (χ3n) is 4.64. The highest BCUT2D eigenvalue weighted by Gasteiger charge is 2.71. The molecule has 140 valence electrons. The molecule has 0 aromatic carbocycles. The van der Waals surface area contributed by atoms with E-state index in [0.29, 0.717) is 12.8 Å². The molecule has 0 fully saturated rings. The summed E-state index contributed by atoms with van der Waals surface area (Å²) in [5.41, 5.74) is -4.31. The largest absolute Gasteiger partial charge is 0.425 e. The van der Waals surface area contributed by atoms with Gasteiger partial charge in [-0.25, -0.2) is 0 Å². The Morgan fingerprint density at radius 3 is 2.32 bits per heavy atom. The molecule has 0 bridgehead atoms. The van der Waals surface area contributed by atoms with Crippen LogP contribution in [0.15, 0.2) is 11.3 Å². The quantitative estimate of drug-likeness (QED) is 0.838. The van der Waals surface area contributed by atoms with Gasteiger partial charge in [0, 0.05) is 25.6 Å². The number of amides is 2. The first-order valence-electron chi connectivity index (χ1n) is 8.31. The van der Waals surface area contributed by atoms with Crippen LogP contribution in [0.25, 0.3) is 0 Å². The summed E-state index contributed by atoms with van der Waals surface area (Å²) in [4.78, 5) is 38.0. The number of hydrogen-bond acceptors (Lipinski definition) is 3. The lowest BCUT2D eigenvalue weighted by molar-refractivity contribution is -0.194. The number of nitrogens with one attached hydrogen (secondary N) is 1. The fourth-order valence-electron chi connectivity index (χ4n) is 3.64. The Bertz CT molecular complexity index is 652. The van der Waals surface area contributed by atoms with Crippen molar-refractivity contribution < 1.29 is 27.6 Å². The minimum absolute atomic E-state index is 0.0922. The second-order valence-electron chi connectivity index (χ2n) is 7.50. The van der Waals surface area contributed by atoms with Gasteiger partial charge in [-0.15, -0.1) is 0 Å². The molecule has 1 aliphatic heterocycles. The fraction of sp³-hybridized carbons (Fsp3) is 0.706. The van der Waals surface area contributed by atoms with Crippen molar-refractivity contribution in [1.29, 1.82) is 0 Å². The second-order valence-corrected chi connectivity index (χ2v) is 7.50. The van der Waals surface area contributed by atoms with Crippen molar-refractivity contribution in [2.45, 2.75) is 65.1 Å². The molecule has 25 heavy (non-hydrogen) atoms. The van der Waals surface area contributed by atoms with Crippen molar-refractivity contribution in [2.75, 3.05) is 6.54 Å². The molecule has 1 N–H and O–H groups in total. The van der Waals surface area contributed by atoms with E-state index in [-0.39, 0.29) is 25.1 Å². The van der Waals surface area contributed by atoms with Gasteiger partial charge in [-0.05, 0) is 18.3 Å². The van der Waals surface area contributed by atoms with Crippen molar-refractivity contribution in [3.63, 3.8) is 0 Å².